The maximum Gasteiger partial charge on any atom is 0.211 e. The number of aryl methyl sites for hydroxylation is 1. The number of hydrogen-bond donors (Lipinski definition) is 0. The molecule has 0 aliphatic heterocycles. The zero-order valence-electron chi connectivity index (χ0n) is 11.5. The zero-order chi connectivity index (χ0) is 14.8. The quantitative estimate of drug-likeness (QED) is 0.683. The minimum atomic E-state index is -0.0988. The fourth-order valence-electron chi connectivity index (χ4n) is 2.13. The van der Waals surface area contributed by atoms with Crippen LogP contribution in [-0.4, -0.2) is 15.6 Å². The van der Waals surface area contributed by atoms with E-state index in [1.807, 2.05) is 43.3 Å². The van der Waals surface area contributed by atoms with E-state index in [4.69, 9.17) is 11.6 Å². The van der Waals surface area contributed by atoms with Crippen LogP contribution < -0.4 is 0 Å². The molecule has 0 saturated carbocycles. The average Bonchev–Trinajstić information content (AvgIpc) is 2.99. The van der Waals surface area contributed by atoms with Crippen LogP contribution in [0.2, 0.25) is 5.02 Å². The number of rotatable bonds is 3. The van der Waals surface area contributed by atoms with E-state index >= 15 is 0 Å². The first-order valence-corrected chi connectivity index (χ1v) is 6.95. The lowest BCUT2D eigenvalue weighted by Gasteiger charge is -2.07. The van der Waals surface area contributed by atoms with Gasteiger partial charge in [0.05, 0.1) is 11.9 Å². The summed E-state index contributed by atoms with van der Waals surface area (Å²) in [5.74, 6) is -0.0988. The molecule has 0 amide bonds. The van der Waals surface area contributed by atoms with Gasteiger partial charge in [0, 0.05) is 10.6 Å². The number of hydrogen-bond acceptors (Lipinski definition) is 2. The summed E-state index contributed by atoms with van der Waals surface area (Å²) in [6, 6.07) is 16.6. The van der Waals surface area contributed by atoms with Gasteiger partial charge in [-0.3, -0.25) is 4.79 Å². The SMILES string of the molecule is Cc1ccc(C(=O)c2ccnn2-c2ccccc2)cc1Cl. The van der Waals surface area contributed by atoms with Crippen molar-refractivity contribution in [2.24, 2.45) is 0 Å². The van der Waals surface area contributed by atoms with Gasteiger partial charge in [-0.25, -0.2) is 4.68 Å². The number of para-hydroxylation sites is 1. The van der Waals surface area contributed by atoms with Gasteiger partial charge in [-0.05, 0) is 36.8 Å². The van der Waals surface area contributed by atoms with E-state index in [9.17, 15) is 4.79 Å². The van der Waals surface area contributed by atoms with Crippen molar-refractivity contribution in [1.29, 1.82) is 0 Å². The molecule has 0 radical (unpaired) electrons. The Morgan fingerprint density at radius 2 is 1.86 bits per heavy atom. The molecule has 1 heterocycles. The number of halogens is 1. The predicted octanol–water partition coefficient (Wildman–Crippen LogP) is 4.07. The summed E-state index contributed by atoms with van der Waals surface area (Å²) in [7, 11) is 0. The Hall–Kier alpha value is -2.39. The van der Waals surface area contributed by atoms with Gasteiger partial charge in [-0.1, -0.05) is 41.9 Å². The van der Waals surface area contributed by atoms with Crippen LogP contribution in [0.15, 0.2) is 60.8 Å². The molecule has 21 heavy (non-hydrogen) atoms. The molecule has 4 heteroatoms. The maximum atomic E-state index is 12.6. The van der Waals surface area contributed by atoms with E-state index in [1.165, 1.54) is 0 Å². The third-order valence-electron chi connectivity index (χ3n) is 3.31. The molecule has 3 aromatic rings. The second-order valence-corrected chi connectivity index (χ2v) is 5.16. The van der Waals surface area contributed by atoms with Crippen molar-refractivity contribution < 1.29 is 4.79 Å². The molecule has 3 nitrogen and oxygen atoms in total. The molecule has 0 aliphatic carbocycles. The molecule has 3 rings (SSSR count). The van der Waals surface area contributed by atoms with Crippen LogP contribution in [0.5, 0.6) is 0 Å². The van der Waals surface area contributed by atoms with E-state index in [2.05, 4.69) is 5.10 Å². The summed E-state index contributed by atoms with van der Waals surface area (Å²) < 4.78 is 1.64. The minimum absolute atomic E-state index is 0.0988. The molecule has 0 spiro atoms. The third-order valence-corrected chi connectivity index (χ3v) is 3.72. The predicted molar refractivity (Wildman–Crippen MR) is 83.2 cm³/mol. The first-order valence-electron chi connectivity index (χ1n) is 6.57. The normalized spacial score (nSPS) is 10.6. The van der Waals surface area contributed by atoms with Crippen LogP contribution in [0.3, 0.4) is 0 Å². The van der Waals surface area contributed by atoms with Crippen molar-refractivity contribution in [1.82, 2.24) is 9.78 Å². The molecule has 0 N–H and O–H groups in total. The number of benzene rings is 2. The van der Waals surface area contributed by atoms with Crippen LogP contribution >= 0.6 is 11.6 Å². The van der Waals surface area contributed by atoms with Gasteiger partial charge in [0.2, 0.25) is 5.78 Å². The van der Waals surface area contributed by atoms with Crippen LogP contribution in [0.4, 0.5) is 0 Å². The van der Waals surface area contributed by atoms with Crippen molar-refractivity contribution in [2.75, 3.05) is 0 Å². The van der Waals surface area contributed by atoms with Crippen LogP contribution in [0.25, 0.3) is 5.69 Å². The molecule has 0 unspecified atom stereocenters. The van der Waals surface area contributed by atoms with E-state index in [1.54, 1.807) is 29.1 Å². The molecule has 2 aromatic carbocycles. The standard InChI is InChI=1S/C17H13ClN2O/c1-12-7-8-13(11-15(12)18)17(21)16-9-10-19-20(16)14-5-3-2-4-6-14/h2-11H,1H3. The highest BCUT2D eigenvalue weighted by atomic mass is 35.5. The van der Waals surface area contributed by atoms with Crippen LogP contribution in [-0.2, 0) is 0 Å². The molecular formula is C17H13ClN2O. The lowest BCUT2D eigenvalue weighted by Crippen LogP contribution is -2.10. The van der Waals surface area contributed by atoms with Crippen molar-refractivity contribution in [3.8, 4) is 5.69 Å². The van der Waals surface area contributed by atoms with Crippen molar-refractivity contribution in [3.63, 3.8) is 0 Å². The molecule has 1 aromatic heterocycles. The number of carbonyl (C=O) groups is 1. The van der Waals surface area contributed by atoms with Crippen molar-refractivity contribution in [3.05, 3.63) is 82.6 Å². The molecule has 0 fully saturated rings. The molecule has 0 aliphatic rings. The lowest BCUT2D eigenvalue weighted by molar-refractivity contribution is 0.103. The first-order chi connectivity index (χ1) is 10.2. The summed E-state index contributed by atoms with van der Waals surface area (Å²) in [5.41, 5.74) is 2.87. The van der Waals surface area contributed by atoms with Gasteiger partial charge >= 0.3 is 0 Å². The highest BCUT2D eigenvalue weighted by Crippen LogP contribution is 2.20. The Morgan fingerprint density at radius 3 is 2.57 bits per heavy atom. The Morgan fingerprint density at radius 1 is 1.10 bits per heavy atom. The minimum Gasteiger partial charge on any atom is -0.287 e. The number of ketones is 1. The Labute approximate surface area is 127 Å². The van der Waals surface area contributed by atoms with Gasteiger partial charge in [-0.2, -0.15) is 5.10 Å². The number of carbonyl (C=O) groups excluding carboxylic acids is 1. The fourth-order valence-corrected chi connectivity index (χ4v) is 2.31. The fraction of sp³-hybridized carbons (Fsp3) is 0.0588. The summed E-state index contributed by atoms with van der Waals surface area (Å²) in [5, 5.41) is 4.83. The molecule has 0 saturated heterocycles. The highest BCUT2D eigenvalue weighted by molar-refractivity contribution is 6.31. The largest absolute Gasteiger partial charge is 0.287 e. The van der Waals surface area contributed by atoms with Crippen molar-refractivity contribution in [2.45, 2.75) is 6.92 Å². The van der Waals surface area contributed by atoms with Gasteiger partial charge in [0.1, 0.15) is 5.69 Å². The first kappa shape index (κ1) is 13.6. The second-order valence-electron chi connectivity index (χ2n) is 4.76. The van der Waals surface area contributed by atoms with E-state index < -0.39 is 0 Å². The molecular weight excluding hydrogens is 284 g/mol. The lowest BCUT2D eigenvalue weighted by atomic mass is 10.1. The van der Waals surface area contributed by atoms with Gasteiger partial charge in [0.15, 0.2) is 0 Å². The van der Waals surface area contributed by atoms with E-state index in [0.717, 1.165) is 11.3 Å². The smallest absolute Gasteiger partial charge is 0.211 e. The summed E-state index contributed by atoms with van der Waals surface area (Å²) in [4.78, 5) is 12.6. The van der Waals surface area contributed by atoms with Crippen LogP contribution in [0.1, 0.15) is 21.6 Å². The van der Waals surface area contributed by atoms with Crippen LogP contribution in [0, 0.1) is 6.92 Å². The van der Waals surface area contributed by atoms with E-state index in [-0.39, 0.29) is 5.78 Å². The van der Waals surface area contributed by atoms with Gasteiger partial charge in [-0.15, -0.1) is 0 Å². The topological polar surface area (TPSA) is 34.9 Å². The maximum absolute atomic E-state index is 12.6. The summed E-state index contributed by atoms with van der Waals surface area (Å²) in [6.07, 6.45) is 1.62. The molecule has 0 bridgehead atoms. The zero-order valence-corrected chi connectivity index (χ0v) is 12.2. The number of nitrogens with zero attached hydrogens (tertiary/aromatic N) is 2. The summed E-state index contributed by atoms with van der Waals surface area (Å²) >= 11 is 6.10. The van der Waals surface area contributed by atoms with Crippen molar-refractivity contribution >= 4 is 17.4 Å². The number of aromatic nitrogens is 2. The third kappa shape index (κ3) is 2.60. The Balaban J connectivity index is 2.03. The molecule has 0 atom stereocenters. The van der Waals surface area contributed by atoms with E-state index in [0.29, 0.717) is 16.3 Å². The molecule has 104 valence electrons. The monoisotopic (exact) mass is 296 g/mol. The second kappa shape index (κ2) is 5.54. The Bertz CT molecular complexity index is 794. The average molecular weight is 297 g/mol. The van der Waals surface area contributed by atoms with Gasteiger partial charge in [0.25, 0.3) is 0 Å². The summed E-state index contributed by atoms with van der Waals surface area (Å²) in [6.45, 7) is 1.91. The Kier molecular flexibility index (Phi) is 3.59. The highest BCUT2D eigenvalue weighted by Gasteiger charge is 2.16. The van der Waals surface area contributed by atoms with Gasteiger partial charge < -0.3 is 0 Å².